The van der Waals surface area contributed by atoms with Gasteiger partial charge in [0.2, 0.25) is 0 Å². The Hall–Kier alpha value is -1.79. The molecule has 1 aromatic carbocycles. The quantitative estimate of drug-likeness (QED) is 0.377. The van der Waals surface area contributed by atoms with Crippen LogP contribution in [0.4, 0.5) is 0 Å². The molecule has 1 aliphatic rings. The number of hydrogen-bond donors (Lipinski definition) is 1. The first-order chi connectivity index (χ1) is 13.6. The summed E-state index contributed by atoms with van der Waals surface area (Å²) in [6, 6.07) is 8.35. The second kappa shape index (κ2) is 12.6. The summed E-state index contributed by atoms with van der Waals surface area (Å²) in [6.45, 7) is 8.46. The summed E-state index contributed by atoms with van der Waals surface area (Å²) >= 11 is 0. The van der Waals surface area contributed by atoms with Crippen LogP contribution in [0.25, 0.3) is 0 Å². The number of nitrogens with zero attached hydrogens (tertiary/aromatic N) is 2. The maximum Gasteiger partial charge on any atom is 0.193 e. The van der Waals surface area contributed by atoms with Crippen molar-refractivity contribution in [1.29, 1.82) is 0 Å². The number of piperidine rings is 1. The highest BCUT2D eigenvalue weighted by atomic mass is 16.5. The second-order valence-electron chi connectivity index (χ2n) is 7.44. The molecule has 1 fully saturated rings. The van der Waals surface area contributed by atoms with Crippen LogP contribution >= 0.6 is 0 Å². The van der Waals surface area contributed by atoms with Gasteiger partial charge in [0.05, 0.1) is 12.2 Å². The molecule has 0 saturated carbocycles. The highest BCUT2D eigenvalue weighted by molar-refractivity contribution is 5.79. The Morgan fingerprint density at radius 3 is 2.50 bits per heavy atom. The normalized spacial score (nSPS) is 15.9. The Labute approximate surface area is 170 Å². The molecule has 0 unspecified atom stereocenters. The van der Waals surface area contributed by atoms with E-state index in [2.05, 4.69) is 27.3 Å². The molecule has 1 heterocycles. The van der Waals surface area contributed by atoms with Gasteiger partial charge in [-0.25, -0.2) is 0 Å². The third-order valence-corrected chi connectivity index (χ3v) is 4.79. The minimum absolute atomic E-state index is 0.204. The standard InChI is InChI=1S/C22H37N3O3/c1-18(2)28-21-8-6-19(7-9-21)10-13-24-22(23-3)25-14-11-20(12-15-25)27-17-5-16-26-4/h6-9,18,20H,5,10-17H2,1-4H3,(H,23,24). The van der Waals surface area contributed by atoms with Crippen molar-refractivity contribution in [3.63, 3.8) is 0 Å². The molecule has 2 rings (SSSR count). The lowest BCUT2D eigenvalue weighted by molar-refractivity contribution is 0.00992. The fourth-order valence-electron chi connectivity index (χ4n) is 3.35. The molecule has 158 valence electrons. The number of nitrogens with one attached hydrogen (secondary N) is 1. The van der Waals surface area contributed by atoms with Gasteiger partial charge in [-0.15, -0.1) is 0 Å². The Kier molecular flexibility index (Phi) is 10.1. The van der Waals surface area contributed by atoms with E-state index < -0.39 is 0 Å². The average molecular weight is 392 g/mol. The monoisotopic (exact) mass is 391 g/mol. The number of methoxy groups -OCH3 is 1. The lowest BCUT2D eigenvalue weighted by atomic mass is 10.1. The van der Waals surface area contributed by atoms with E-state index in [0.29, 0.717) is 6.10 Å². The highest BCUT2D eigenvalue weighted by Gasteiger charge is 2.21. The maximum absolute atomic E-state index is 5.94. The smallest absolute Gasteiger partial charge is 0.193 e. The predicted octanol–water partition coefficient (Wildman–Crippen LogP) is 3.11. The van der Waals surface area contributed by atoms with Gasteiger partial charge >= 0.3 is 0 Å². The number of hydrogen-bond acceptors (Lipinski definition) is 4. The summed E-state index contributed by atoms with van der Waals surface area (Å²) in [7, 11) is 3.58. The van der Waals surface area contributed by atoms with Gasteiger partial charge in [0.1, 0.15) is 5.75 Å². The Bertz CT molecular complexity index is 567. The van der Waals surface area contributed by atoms with Crippen molar-refractivity contribution in [2.45, 2.75) is 51.7 Å². The van der Waals surface area contributed by atoms with Gasteiger partial charge in [0.15, 0.2) is 5.96 Å². The molecule has 0 atom stereocenters. The molecule has 0 aliphatic carbocycles. The molecule has 0 spiro atoms. The molecule has 1 aromatic rings. The van der Waals surface area contributed by atoms with E-state index in [4.69, 9.17) is 14.2 Å². The molecule has 0 bridgehead atoms. The van der Waals surface area contributed by atoms with E-state index in [1.807, 2.05) is 33.0 Å². The van der Waals surface area contributed by atoms with E-state index in [9.17, 15) is 0 Å². The van der Waals surface area contributed by atoms with E-state index in [0.717, 1.165) is 70.2 Å². The van der Waals surface area contributed by atoms with Gasteiger partial charge < -0.3 is 24.4 Å². The van der Waals surface area contributed by atoms with Crippen molar-refractivity contribution in [2.24, 2.45) is 4.99 Å². The van der Waals surface area contributed by atoms with Crippen molar-refractivity contribution in [2.75, 3.05) is 47.0 Å². The minimum Gasteiger partial charge on any atom is -0.491 e. The van der Waals surface area contributed by atoms with Gasteiger partial charge in [0, 0.05) is 47.0 Å². The predicted molar refractivity (Wildman–Crippen MR) is 114 cm³/mol. The Morgan fingerprint density at radius 2 is 1.89 bits per heavy atom. The van der Waals surface area contributed by atoms with Crippen molar-refractivity contribution >= 4 is 5.96 Å². The van der Waals surface area contributed by atoms with E-state index in [1.165, 1.54) is 5.56 Å². The maximum atomic E-state index is 5.94. The summed E-state index contributed by atoms with van der Waals surface area (Å²) in [4.78, 5) is 6.78. The zero-order valence-electron chi connectivity index (χ0n) is 17.9. The van der Waals surface area contributed by atoms with Gasteiger partial charge in [-0.05, 0) is 57.2 Å². The lowest BCUT2D eigenvalue weighted by Crippen LogP contribution is -2.47. The van der Waals surface area contributed by atoms with Gasteiger partial charge in [0.25, 0.3) is 0 Å². The molecule has 28 heavy (non-hydrogen) atoms. The number of likely N-dealkylation sites (tertiary alicyclic amines) is 1. The first-order valence-corrected chi connectivity index (χ1v) is 10.4. The van der Waals surface area contributed by atoms with Gasteiger partial charge in [-0.3, -0.25) is 4.99 Å². The molecule has 1 aliphatic heterocycles. The second-order valence-corrected chi connectivity index (χ2v) is 7.44. The van der Waals surface area contributed by atoms with Crippen molar-refractivity contribution < 1.29 is 14.2 Å². The van der Waals surface area contributed by atoms with Crippen LogP contribution in [0.3, 0.4) is 0 Å². The van der Waals surface area contributed by atoms with E-state index in [-0.39, 0.29) is 6.10 Å². The zero-order chi connectivity index (χ0) is 20.2. The van der Waals surface area contributed by atoms with Crippen molar-refractivity contribution in [1.82, 2.24) is 10.2 Å². The van der Waals surface area contributed by atoms with Crippen LogP contribution in [-0.2, 0) is 15.9 Å². The number of ether oxygens (including phenoxy) is 3. The Morgan fingerprint density at radius 1 is 1.18 bits per heavy atom. The van der Waals surface area contributed by atoms with Crippen molar-refractivity contribution in [3.8, 4) is 5.75 Å². The summed E-state index contributed by atoms with van der Waals surface area (Å²) in [5, 5.41) is 3.50. The van der Waals surface area contributed by atoms with E-state index >= 15 is 0 Å². The van der Waals surface area contributed by atoms with Crippen molar-refractivity contribution in [3.05, 3.63) is 29.8 Å². The lowest BCUT2D eigenvalue weighted by Gasteiger charge is -2.34. The summed E-state index contributed by atoms with van der Waals surface area (Å²) < 4.78 is 16.7. The fourth-order valence-corrected chi connectivity index (χ4v) is 3.35. The molecule has 6 nitrogen and oxygen atoms in total. The van der Waals surface area contributed by atoms with Crippen LogP contribution in [0, 0.1) is 0 Å². The number of guanidine groups is 1. The molecular formula is C22H37N3O3. The highest BCUT2D eigenvalue weighted by Crippen LogP contribution is 2.15. The molecule has 1 N–H and O–H groups in total. The van der Waals surface area contributed by atoms with Crippen LogP contribution in [0.1, 0.15) is 38.7 Å². The molecule has 0 radical (unpaired) electrons. The summed E-state index contributed by atoms with van der Waals surface area (Å²) in [5.41, 5.74) is 1.29. The molecule has 1 saturated heterocycles. The first-order valence-electron chi connectivity index (χ1n) is 10.4. The number of benzene rings is 1. The summed E-state index contributed by atoms with van der Waals surface area (Å²) in [5.74, 6) is 1.91. The summed E-state index contributed by atoms with van der Waals surface area (Å²) in [6.07, 6.45) is 4.58. The van der Waals surface area contributed by atoms with Gasteiger partial charge in [-0.2, -0.15) is 0 Å². The fraction of sp³-hybridized carbons (Fsp3) is 0.682. The first kappa shape index (κ1) is 22.5. The van der Waals surface area contributed by atoms with Crippen LogP contribution in [0.15, 0.2) is 29.3 Å². The van der Waals surface area contributed by atoms with Crippen LogP contribution in [-0.4, -0.2) is 70.1 Å². The molecular weight excluding hydrogens is 354 g/mol. The SMILES string of the molecule is CN=C(NCCc1ccc(OC(C)C)cc1)N1CCC(OCCCOC)CC1. The van der Waals surface area contributed by atoms with Crippen LogP contribution < -0.4 is 10.1 Å². The van der Waals surface area contributed by atoms with Crippen LogP contribution in [0.5, 0.6) is 5.75 Å². The van der Waals surface area contributed by atoms with Crippen LogP contribution in [0.2, 0.25) is 0 Å². The third kappa shape index (κ3) is 8.07. The molecule has 0 amide bonds. The largest absolute Gasteiger partial charge is 0.491 e. The Balaban J connectivity index is 1.67. The van der Waals surface area contributed by atoms with E-state index in [1.54, 1.807) is 7.11 Å². The third-order valence-electron chi connectivity index (χ3n) is 4.79. The molecule has 6 heteroatoms. The zero-order valence-corrected chi connectivity index (χ0v) is 17.9. The topological polar surface area (TPSA) is 55.3 Å². The number of rotatable bonds is 10. The number of aliphatic imine (C=N–C) groups is 1. The van der Waals surface area contributed by atoms with Gasteiger partial charge in [-0.1, -0.05) is 12.1 Å². The minimum atomic E-state index is 0.204. The molecule has 0 aromatic heterocycles. The average Bonchev–Trinajstić information content (AvgIpc) is 2.70.